The van der Waals surface area contributed by atoms with Gasteiger partial charge in [0.15, 0.2) is 0 Å². The molecule has 1 fully saturated rings. The summed E-state index contributed by atoms with van der Waals surface area (Å²) in [5.74, 6) is 0.544. The number of ether oxygens (including phenoxy) is 3. The van der Waals surface area contributed by atoms with Gasteiger partial charge in [-0.3, -0.25) is 0 Å². The zero-order valence-electron chi connectivity index (χ0n) is 10.8. The van der Waals surface area contributed by atoms with Gasteiger partial charge in [-0.15, -0.1) is 0 Å². The predicted molar refractivity (Wildman–Crippen MR) is 66.0 cm³/mol. The lowest BCUT2D eigenvalue weighted by Crippen LogP contribution is -2.41. The molecule has 2 rings (SSSR count). The van der Waals surface area contributed by atoms with Gasteiger partial charge in [0.05, 0.1) is 13.2 Å². The van der Waals surface area contributed by atoms with Crippen molar-refractivity contribution in [3.05, 3.63) is 11.8 Å². The average molecular weight is 253 g/mol. The van der Waals surface area contributed by atoms with Crippen LogP contribution in [0.5, 0.6) is 11.9 Å². The second-order valence-corrected chi connectivity index (χ2v) is 4.07. The lowest BCUT2D eigenvalue weighted by Gasteiger charge is -2.23. The van der Waals surface area contributed by atoms with Crippen LogP contribution in [0.4, 0.5) is 0 Å². The van der Waals surface area contributed by atoms with E-state index < -0.39 is 0 Å². The molecule has 0 amide bonds. The van der Waals surface area contributed by atoms with Gasteiger partial charge < -0.3 is 19.5 Å². The molecule has 0 aliphatic carbocycles. The average Bonchev–Trinajstić information content (AvgIpc) is 2.37. The van der Waals surface area contributed by atoms with Crippen LogP contribution in [-0.2, 0) is 4.74 Å². The highest BCUT2D eigenvalue weighted by molar-refractivity contribution is 5.17. The number of hydrogen-bond acceptors (Lipinski definition) is 6. The molecule has 6 heteroatoms. The normalized spacial score (nSPS) is 19.6. The van der Waals surface area contributed by atoms with Crippen LogP contribution in [0.2, 0.25) is 0 Å². The van der Waals surface area contributed by atoms with Crippen molar-refractivity contribution in [3.63, 3.8) is 0 Å². The van der Waals surface area contributed by atoms with Crippen molar-refractivity contribution in [1.29, 1.82) is 0 Å². The molecule has 1 saturated heterocycles. The SMILES string of the molecule is CCOc1cc(C)nc(OCC2CNCCO2)n1. The summed E-state index contributed by atoms with van der Waals surface area (Å²) in [5.41, 5.74) is 0.825. The first kappa shape index (κ1) is 13.0. The van der Waals surface area contributed by atoms with E-state index in [1.807, 2.05) is 13.8 Å². The van der Waals surface area contributed by atoms with E-state index in [4.69, 9.17) is 14.2 Å². The maximum atomic E-state index is 5.55. The van der Waals surface area contributed by atoms with Gasteiger partial charge >= 0.3 is 6.01 Å². The maximum absolute atomic E-state index is 5.55. The van der Waals surface area contributed by atoms with Crippen LogP contribution in [0.15, 0.2) is 6.07 Å². The van der Waals surface area contributed by atoms with E-state index in [2.05, 4.69) is 15.3 Å². The summed E-state index contributed by atoms with van der Waals surface area (Å²) in [6, 6.07) is 2.13. The number of hydrogen-bond donors (Lipinski definition) is 1. The van der Waals surface area contributed by atoms with E-state index in [-0.39, 0.29) is 6.10 Å². The van der Waals surface area contributed by atoms with Gasteiger partial charge in [-0.2, -0.15) is 4.98 Å². The third kappa shape index (κ3) is 3.82. The van der Waals surface area contributed by atoms with Crippen molar-refractivity contribution in [2.75, 3.05) is 32.9 Å². The molecule has 2 heterocycles. The molecule has 1 aliphatic rings. The lowest BCUT2D eigenvalue weighted by molar-refractivity contribution is -0.00196. The summed E-state index contributed by atoms with van der Waals surface area (Å²) in [4.78, 5) is 8.39. The first-order chi connectivity index (χ1) is 8.78. The quantitative estimate of drug-likeness (QED) is 0.826. The number of morpholine rings is 1. The fourth-order valence-corrected chi connectivity index (χ4v) is 1.69. The van der Waals surface area contributed by atoms with E-state index in [0.29, 0.717) is 31.7 Å². The molecule has 0 radical (unpaired) electrons. The highest BCUT2D eigenvalue weighted by atomic mass is 16.5. The van der Waals surface area contributed by atoms with Crippen molar-refractivity contribution in [1.82, 2.24) is 15.3 Å². The zero-order valence-corrected chi connectivity index (χ0v) is 10.8. The Hall–Kier alpha value is -1.40. The Morgan fingerprint density at radius 3 is 3.06 bits per heavy atom. The molecule has 100 valence electrons. The minimum Gasteiger partial charge on any atom is -0.478 e. The van der Waals surface area contributed by atoms with Crippen LogP contribution in [0.3, 0.4) is 0 Å². The van der Waals surface area contributed by atoms with E-state index in [0.717, 1.165) is 18.8 Å². The Balaban J connectivity index is 1.91. The molecule has 6 nitrogen and oxygen atoms in total. The Morgan fingerprint density at radius 1 is 1.44 bits per heavy atom. The molecule has 1 aromatic heterocycles. The van der Waals surface area contributed by atoms with E-state index in [1.165, 1.54) is 0 Å². The van der Waals surface area contributed by atoms with Gasteiger partial charge in [0.2, 0.25) is 5.88 Å². The third-order valence-electron chi connectivity index (χ3n) is 2.51. The van der Waals surface area contributed by atoms with E-state index in [9.17, 15) is 0 Å². The van der Waals surface area contributed by atoms with Gasteiger partial charge in [0.1, 0.15) is 12.7 Å². The number of nitrogens with one attached hydrogen (secondary N) is 1. The van der Waals surface area contributed by atoms with Gasteiger partial charge in [0.25, 0.3) is 0 Å². The van der Waals surface area contributed by atoms with E-state index >= 15 is 0 Å². The summed E-state index contributed by atoms with van der Waals surface area (Å²) in [6.45, 7) is 7.23. The molecule has 1 atom stereocenters. The smallest absolute Gasteiger partial charge is 0.320 e. The van der Waals surface area contributed by atoms with Crippen molar-refractivity contribution in [2.24, 2.45) is 0 Å². The van der Waals surface area contributed by atoms with Crippen LogP contribution in [-0.4, -0.2) is 49.0 Å². The van der Waals surface area contributed by atoms with Gasteiger partial charge in [-0.25, -0.2) is 4.98 Å². The first-order valence-corrected chi connectivity index (χ1v) is 6.21. The number of aryl methyl sites for hydroxylation is 1. The molecular formula is C12H19N3O3. The van der Waals surface area contributed by atoms with Crippen LogP contribution >= 0.6 is 0 Å². The van der Waals surface area contributed by atoms with Gasteiger partial charge in [-0.05, 0) is 13.8 Å². The van der Waals surface area contributed by atoms with Crippen molar-refractivity contribution >= 4 is 0 Å². The Bertz CT molecular complexity index is 381. The summed E-state index contributed by atoms with van der Waals surface area (Å²) in [7, 11) is 0. The van der Waals surface area contributed by atoms with Crippen molar-refractivity contribution in [2.45, 2.75) is 20.0 Å². The first-order valence-electron chi connectivity index (χ1n) is 6.21. The minimum atomic E-state index is 0.0541. The molecule has 1 aliphatic heterocycles. The molecule has 1 unspecified atom stereocenters. The van der Waals surface area contributed by atoms with Crippen LogP contribution in [0, 0.1) is 6.92 Å². The molecule has 0 saturated carbocycles. The summed E-state index contributed by atoms with van der Waals surface area (Å²) >= 11 is 0. The molecule has 0 bridgehead atoms. The Morgan fingerprint density at radius 2 is 2.33 bits per heavy atom. The minimum absolute atomic E-state index is 0.0541. The second kappa shape index (κ2) is 6.51. The highest BCUT2D eigenvalue weighted by Crippen LogP contribution is 2.14. The van der Waals surface area contributed by atoms with Crippen molar-refractivity contribution < 1.29 is 14.2 Å². The molecular weight excluding hydrogens is 234 g/mol. The maximum Gasteiger partial charge on any atom is 0.320 e. The number of aromatic nitrogens is 2. The van der Waals surface area contributed by atoms with Crippen molar-refractivity contribution in [3.8, 4) is 11.9 Å². The molecule has 18 heavy (non-hydrogen) atoms. The molecule has 0 aromatic carbocycles. The number of rotatable bonds is 5. The van der Waals surface area contributed by atoms with E-state index in [1.54, 1.807) is 6.07 Å². The van der Waals surface area contributed by atoms with Crippen LogP contribution in [0.1, 0.15) is 12.6 Å². The largest absolute Gasteiger partial charge is 0.478 e. The Labute approximate surface area is 107 Å². The second-order valence-electron chi connectivity index (χ2n) is 4.07. The standard InChI is InChI=1S/C12H19N3O3/c1-3-16-11-6-9(2)14-12(15-11)18-8-10-7-13-4-5-17-10/h6,10,13H,3-5,7-8H2,1-2H3. The predicted octanol–water partition coefficient (Wildman–Crippen LogP) is 0.551. The summed E-state index contributed by atoms with van der Waals surface area (Å²) < 4.78 is 16.4. The van der Waals surface area contributed by atoms with Crippen LogP contribution < -0.4 is 14.8 Å². The summed E-state index contributed by atoms with van der Waals surface area (Å²) in [5, 5.41) is 3.24. The summed E-state index contributed by atoms with van der Waals surface area (Å²) in [6.07, 6.45) is 0.0541. The molecule has 1 aromatic rings. The van der Waals surface area contributed by atoms with Gasteiger partial charge in [-0.1, -0.05) is 0 Å². The number of nitrogens with zero attached hydrogens (tertiary/aromatic N) is 2. The highest BCUT2D eigenvalue weighted by Gasteiger charge is 2.15. The van der Waals surface area contributed by atoms with Crippen LogP contribution in [0.25, 0.3) is 0 Å². The van der Waals surface area contributed by atoms with Gasteiger partial charge in [0, 0.05) is 24.8 Å². The molecule has 1 N–H and O–H groups in total. The fraction of sp³-hybridized carbons (Fsp3) is 0.667. The third-order valence-corrected chi connectivity index (χ3v) is 2.51. The monoisotopic (exact) mass is 253 g/mol. The Kier molecular flexibility index (Phi) is 4.72. The topological polar surface area (TPSA) is 65.5 Å². The lowest BCUT2D eigenvalue weighted by atomic mass is 10.3. The molecule has 0 spiro atoms. The zero-order chi connectivity index (χ0) is 12.8. The fourth-order valence-electron chi connectivity index (χ4n) is 1.69.